The van der Waals surface area contributed by atoms with E-state index in [0.717, 1.165) is 38.9 Å². The summed E-state index contributed by atoms with van der Waals surface area (Å²) >= 11 is 1.43. The average Bonchev–Trinajstić information content (AvgIpc) is 3.14. The van der Waals surface area contributed by atoms with E-state index in [2.05, 4.69) is 27.3 Å². The van der Waals surface area contributed by atoms with Crippen LogP contribution in [-0.4, -0.2) is 46.6 Å². The fourth-order valence-corrected chi connectivity index (χ4v) is 3.86. The van der Waals surface area contributed by atoms with Gasteiger partial charge in [-0.05, 0) is 43.8 Å². The van der Waals surface area contributed by atoms with Crippen LogP contribution in [0.1, 0.15) is 24.8 Å². The summed E-state index contributed by atoms with van der Waals surface area (Å²) in [5.41, 5.74) is 1.19. The van der Waals surface area contributed by atoms with Gasteiger partial charge in [-0.3, -0.25) is 4.79 Å². The summed E-state index contributed by atoms with van der Waals surface area (Å²) in [6, 6.07) is 10.2. The smallest absolute Gasteiger partial charge is 0.227 e. The highest BCUT2D eigenvalue weighted by atomic mass is 32.1. The average molecular weight is 359 g/mol. The van der Waals surface area contributed by atoms with Crippen LogP contribution in [0.5, 0.6) is 0 Å². The predicted octanol–water partition coefficient (Wildman–Crippen LogP) is 2.79. The van der Waals surface area contributed by atoms with Gasteiger partial charge in [-0.25, -0.2) is 4.98 Å². The molecule has 0 spiro atoms. The van der Waals surface area contributed by atoms with Crippen molar-refractivity contribution in [2.75, 3.05) is 25.0 Å². The fourth-order valence-electron chi connectivity index (χ4n) is 3.31. The SMILES string of the molecule is O=C(CCN1CCC([C@@H](O)Cc2ccccc2)CC1)Nc1nccs1. The number of piperidine rings is 1. The summed E-state index contributed by atoms with van der Waals surface area (Å²) in [6.45, 7) is 2.65. The Morgan fingerprint density at radius 1 is 1.32 bits per heavy atom. The minimum atomic E-state index is -0.280. The molecule has 1 saturated heterocycles. The predicted molar refractivity (Wildman–Crippen MR) is 101 cm³/mol. The molecule has 0 bridgehead atoms. The van der Waals surface area contributed by atoms with Crippen molar-refractivity contribution < 1.29 is 9.90 Å². The first kappa shape index (κ1) is 18.0. The molecule has 2 N–H and O–H groups in total. The first-order chi connectivity index (χ1) is 12.2. The largest absolute Gasteiger partial charge is 0.392 e. The van der Waals surface area contributed by atoms with E-state index in [-0.39, 0.29) is 12.0 Å². The van der Waals surface area contributed by atoms with Crippen LogP contribution >= 0.6 is 11.3 Å². The van der Waals surface area contributed by atoms with Crippen LogP contribution in [0.3, 0.4) is 0 Å². The van der Waals surface area contributed by atoms with Gasteiger partial charge in [-0.15, -0.1) is 11.3 Å². The van der Waals surface area contributed by atoms with Crippen molar-refractivity contribution in [1.29, 1.82) is 0 Å². The summed E-state index contributed by atoms with van der Waals surface area (Å²) in [5, 5.41) is 15.8. The lowest BCUT2D eigenvalue weighted by atomic mass is 9.88. The molecule has 25 heavy (non-hydrogen) atoms. The molecule has 0 saturated carbocycles. The molecule has 1 aromatic heterocycles. The van der Waals surface area contributed by atoms with Crippen LogP contribution in [0.4, 0.5) is 5.13 Å². The summed E-state index contributed by atoms with van der Waals surface area (Å²) in [5.74, 6) is 0.363. The third-order valence-corrected chi connectivity index (χ3v) is 5.49. The van der Waals surface area contributed by atoms with Gasteiger partial charge in [0.05, 0.1) is 6.10 Å². The van der Waals surface area contributed by atoms with Crippen LogP contribution in [0.2, 0.25) is 0 Å². The fraction of sp³-hybridized carbons (Fsp3) is 0.474. The number of rotatable bonds is 7. The van der Waals surface area contributed by atoms with Crippen molar-refractivity contribution in [2.24, 2.45) is 5.92 Å². The molecule has 1 aromatic carbocycles. The van der Waals surface area contributed by atoms with Crippen LogP contribution in [-0.2, 0) is 11.2 Å². The Balaban J connectivity index is 1.36. The normalized spacial score (nSPS) is 17.3. The summed E-state index contributed by atoms with van der Waals surface area (Å²) in [6.07, 6.45) is 4.59. The van der Waals surface area contributed by atoms with Crippen LogP contribution in [0.25, 0.3) is 0 Å². The summed E-state index contributed by atoms with van der Waals surface area (Å²) in [7, 11) is 0. The number of hydrogen-bond acceptors (Lipinski definition) is 5. The van der Waals surface area contributed by atoms with Crippen LogP contribution < -0.4 is 5.32 Å². The highest BCUT2D eigenvalue weighted by molar-refractivity contribution is 7.13. The lowest BCUT2D eigenvalue weighted by Gasteiger charge is -2.34. The maximum Gasteiger partial charge on any atom is 0.227 e. The zero-order valence-corrected chi connectivity index (χ0v) is 15.1. The molecule has 3 rings (SSSR count). The van der Waals surface area contributed by atoms with Crippen molar-refractivity contribution in [2.45, 2.75) is 31.8 Å². The number of nitrogens with zero attached hydrogens (tertiary/aromatic N) is 2. The molecule has 5 nitrogen and oxygen atoms in total. The number of carbonyl (C=O) groups excluding carboxylic acids is 1. The van der Waals surface area contributed by atoms with Crippen molar-refractivity contribution in [3.05, 3.63) is 47.5 Å². The van der Waals surface area contributed by atoms with E-state index in [1.165, 1.54) is 16.9 Å². The quantitative estimate of drug-likeness (QED) is 0.798. The number of hydrogen-bond donors (Lipinski definition) is 2. The van der Waals surface area contributed by atoms with E-state index >= 15 is 0 Å². The van der Waals surface area contributed by atoms with Crippen molar-refractivity contribution >= 4 is 22.4 Å². The number of anilines is 1. The summed E-state index contributed by atoms with van der Waals surface area (Å²) in [4.78, 5) is 18.3. The zero-order valence-electron chi connectivity index (χ0n) is 14.3. The van der Waals surface area contributed by atoms with Gasteiger partial charge >= 0.3 is 0 Å². The topological polar surface area (TPSA) is 65.5 Å². The second-order valence-corrected chi connectivity index (χ2v) is 7.47. The number of aliphatic hydroxyl groups excluding tert-OH is 1. The molecule has 0 aliphatic carbocycles. The molecular weight excluding hydrogens is 334 g/mol. The number of nitrogens with one attached hydrogen (secondary N) is 1. The molecule has 1 aliphatic heterocycles. The highest BCUT2D eigenvalue weighted by Gasteiger charge is 2.25. The van der Waals surface area contributed by atoms with Gasteiger partial charge in [0.15, 0.2) is 5.13 Å². The molecule has 134 valence electrons. The van der Waals surface area contributed by atoms with E-state index < -0.39 is 0 Å². The Bertz CT molecular complexity index is 640. The van der Waals surface area contributed by atoms with Gasteiger partial charge < -0.3 is 15.3 Å². The summed E-state index contributed by atoms with van der Waals surface area (Å²) < 4.78 is 0. The Hall–Kier alpha value is -1.76. The minimum Gasteiger partial charge on any atom is -0.392 e. The Morgan fingerprint density at radius 3 is 2.76 bits per heavy atom. The van der Waals surface area contributed by atoms with Gasteiger partial charge in [0.2, 0.25) is 5.91 Å². The maximum absolute atomic E-state index is 11.9. The number of benzene rings is 1. The van der Waals surface area contributed by atoms with Gasteiger partial charge in [-0.1, -0.05) is 30.3 Å². The van der Waals surface area contributed by atoms with Gasteiger partial charge in [0.25, 0.3) is 0 Å². The lowest BCUT2D eigenvalue weighted by Crippen LogP contribution is -2.39. The minimum absolute atomic E-state index is 0.0150. The molecule has 2 heterocycles. The third-order valence-electron chi connectivity index (χ3n) is 4.80. The van der Waals surface area contributed by atoms with Crippen molar-refractivity contribution in [1.82, 2.24) is 9.88 Å². The molecule has 1 atom stereocenters. The number of aliphatic hydroxyl groups is 1. The molecule has 1 amide bonds. The van der Waals surface area contributed by atoms with E-state index in [1.54, 1.807) is 6.20 Å². The van der Waals surface area contributed by atoms with Crippen LogP contribution in [0.15, 0.2) is 41.9 Å². The number of amides is 1. The van der Waals surface area contributed by atoms with Crippen LogP contribution in [0, 0.1) is 5.92 Å². The number of aromatic nitrogens is 1. The second-order valence-electron chi connectivity index (χ2n) is 6.57. The molecule has 1 aliphatic rings. The second kappa shape index (κ2) is 9.08. The number of likely N-dealkylation sites (tertiary alicyclic amines) is 1. The van der Waals surface area contributed by atoms with Gasteiger partial charge in [0, 0.05) is 24.5 Å². The van der Waals surface area contributed by atoms with E-state index in [0.29, 0.717) is 17.5 Å². The van der Waals surface area contributed by atoms with E-state index in [9.17, 15) is 9.90 Å². The van der Waals surface area contributed by atoms with Gasteiger partial charge in [0.1, 0.15) is 0 Å². The van der Waals surface area contributed by atoms with E-state index in [1.807, 2.05) is 23.6 Å². The molecule has 1 fully saturated rings. The first-order valence-corrected chi connectivity index (χ1v) is 9.72. The molecule has 0 unspecified atom stereocenters. The Kier molecular flexibility index (Phi) is 6.55. The molecular formula is C19H25N3O2S. The zero-order chi connectivity index (χ0) is 17.5. The highest BCUT2D eigenvalue weighted by Crippen LogP contribution is 2.23. The monoisotopic (exact) mass is 359 g/mol. The molecule has 0 radical (unpaired) electrons. The maximum atomic E-state index is 11.9. The number of carbonyl (C=O) groups is 1. The van der Waals surface area contributed by atoms with E-state index in [4.69, 9.17) is 0 Å². The standard InChI is InChI=1S/C19H25N3O2S/c23-17(14-15-4-2-1-3-5-15)16-6-10-22(11-7-16)12-8-18(24)21-19-20-9-13-25-19/h1-5,9,13,16-17,23H,6-8,10-12,14H2,(H,20,21,24)/t17-/m0/s1. The Morgan fingerprint density at radius 2 is 2.08 bits per heavy atom. The lowest BCUT2D eigenvalue weighted by molar-refractivity contribution is -0.116. The van der Waals surface area contributed by atoms with Crippen molar-refractivity contribution in [3.8, 4) is 0 Å². The first-order valence-electron chi connectivity index (χ1n) is 8.84. The molecule has 2 aromatic rings. The third kappa shape index (κ3) is 5.63. The van der Waals surface area contributed by atoms with Gasteiger partial charge in [-0.2, -0.15) is 0 Å². The van der Waals surface area contributed by atoms with Crippen molar-refractivity contribution in [3.63, 3.8) is 0 Å². The number of thiazole rings is 1. The molecule has 6 heteroatoms. The Labute approximate surface area is 152 Å².